The van der Waals surface area contributed by atoms with Gasteiger partial charge in [0.2, 0.25) is 5.95 Å². The molecule has 2 aromatic heterocycles. The summed E-state index contributed by atoms with van der Waals surface area (Å²) >= 11 is 12.9. The third-order valence-corrected chi connectivity index (χ3v) is 4.74. The second-order valence-corrected chi connectivity index (χ2v) is 6.91. The standard InChI is InChI=1S/C17H15ClN4S2/c1-11(12-4-6-13(18)7-5-12)20-17(23)22-16-19-9-8-14(21-16)15-3-2-10-24-15/h2-11H,1H3,(H2,19,20,21,22,23)/t11-/m0/s1. The van der Waals surface area contributed by atoms with Crippen molar-refractivity contribution in [2.45, 2.75) is 13.0 Å². The lowest BCUT2D eigenvalue weighted by Gasteiger charge is -2.17. The van der Waals surface area contributed by atoms with Crippen LogP contribution in [-0.4, -0.2) is 15.1 Å². The van der Waals surface area contributed by atoms with Crippen molar-refractivity contribution in [3.05, 3.63) is 64.6 Å². The molecule has 1 atom stereocenters. The number of halogens is 1. The molecule has 0 aliphatic rings. The van der Waals surface area contributed by atoms with Gasteiger partial charge in [-0.1, -0.05) is 29.8 Å². The van der Waals surface area contributed by atoms with Crippen molar-refractivity contribution >= 4 is 46.2 Å². The third kappa shape index (κ3) is 4.29. The van der Waals surface area contributed by atoms with Gasteiger partial charge in [-0.15, -0.1) is 11.3 Å². The minimum atomic E-state index is 0.0442. The van der Waals surface area contributed by atoms with Gasteiger partial charge in [0.1, 0.15) is 0 Å². The second-order valence-electron chi connectivity index (χ2n) is 5.11. The molecule has 0 fully saturated rings. The summed E-state index contributed by atoms with van der Waals surface area (Å²) in [6.07, 6.45) is 1.72. The van der Waals surface area contributed by atoms with E-state index in [4.69, 9.17) is 23.8 Å². The zero-order valence-corrected chi connectivity index (χ0v) is 15.3. The normalized spacial score (nSPS) is 11.8. The second kappa shape index (κ2) is 7.70. The van der Waals surface area contributed by atoms with Gasteiger partial charge in [-0.05, 0) is 54.4 Å². The number of nitrogens with zero attached hydrogens (tertiary/aromatic N) is 2. The number of benzene rings is 1. The average molecular weight is 375 g/mol. The molecule has 122 valence electrons. The number of hydrogen-bond acceptors (Lipinski definition) is 4. The van der Waals surface area contributed by atoms with E-state index in [0.717, 1.165) is 16.1 Å². The molecule has 0 unspecified atom stereocenters. The van der Waals surface area contributed by atoms with E-state index in [1.807, 2.05) is 54.8 Å². The van der Waals surface area contributed by atoms with E-state index in [9.17, 15) is 0 Å². The Balaban J connectivity index is 1.64. The Labute approximate surface area is 154 Å². The summed E-state index contributed by atoms with van der Waals surface area (Å²) in [5.74, 6) is 0.474. The maximum absolute atomic E-state index is 5.91. The van der Waals surface area contributed by atoms with E-state index < -0.39 is 0 Å². The molecule has 0 radical (unpaired) electrons. The van der Waals surface area contributed by atoms with Gasteiger partial charge in [-0.25, -0.2) is 9.97 Å². The summed E-state index contributed by atoms with van der Waals surface area (Å²) in [7, 11) is 0. The quantitative estimate of drug-likeness (QED) is 0.635. The molecule has 2 N–H and O–H groups in total. The van der Waals surface area contributed by atoms with Crippen molar-refractivity contribution in [3.63, 3.8) is 0 Å². The van der Waals surface area contributed by atoms with Crippen LogP contribution in [0.2, 0.25) is 5.02 Å². The van der Waals surface area contributed by atoms with Crippen molar-refractivity contribution in [2.75, 3.05) is 5.32 Å². The Kier molecular flexibility index (Phi) is 5.40. The fourth-order valence-corrected chi connectivity index (χ4v) is 3.24. The van der Waals surface area contributed by atoms with Gasteiger partial charge in [-0.3, -0.25) is 0 Å². The molecule has 0 saturated carbocycles. The van der Waals surface area contributed by atoms with Gasteiger partial charge in [0.25, 0.3) is 0 Å². The van der Waals surface area contributed by atoms with Crippen molar-refractivity contribution in [2.24, 2.45) is 0 Å². The minimum absolute atomic E-state index is 0.0442. The molecule has 0 amide bonds. The first-order valence-corrected chi connectivity index (χ1v) is 8.98. The highest BCUT2D eigenvalue weighted by molar-refractivity contribution is 7.80. The summed E-state index contributed by atoms with van der Waals surface area (Å²) in [6.45, 7) is 2.03. The molecular formula is C17H15ClN4S2. The van der Waals surface area contributed by atoms with Crippen LogP contribution in [0.5, 0.6) is 0 Å². The predicted molar refractivity (Wildman–Crippen MR) is 105 cm³/mol. The highest BCUT2D eigenvalue weighted by Crippen LogP contribution is 2.23. The Morgan fingerprint density at radius 1 is 1.21 bits per heavy atom. The maximum Gasteiger partial charge on any atom is 0.229 e. The highest BCUT2D eigenvalue weighted by Gasteiger charge is 2.09. The summed E-state index contributed by atoms with van der Waals surface area (Å²) in [5, 5.41) is 9.46. The molecular weight excluding hydrogens is 360 g/mol. The SMILES string of the molecule is C[C@H](NC(=S)Nc1nccc(-c2cccs2)n1)c1ccc(Cl)cc1. The molecule has 3 rings (SSSR count). The van der Waals surface area contributed by atoms with Crippen LogP contribution in [0.3, 0.4) is 0 Å². The number of nitrogens with one attached hydrogen (secondary N) is 2. The van der Waals surface area contributed by atoms with Gasteiger partial charge in [0.15, 0.2) is 5.11 Å². The molecule has 2 heterocycles. The summed E-state index contributed by atoms with van der Waals surface area (Å²) in [4.78, 5) is 9.80. The first-order valence-electron chi connectivity index (χ1n) is 7.32. The van der Waals surface area contributed by atoms with E-state index >= 15 is 0 Å². The van der Waals surface area contributed by atoms with Gasteiger partial charge >= 0.3 is 0 Å². The van der Waals surface area contributed by atoms with Crippen LogP contribution in [0.15, 0.2) is 54.0 Å². The minimum Gasteiger partial charge on any atom is -0.356 e. The molecule has 3 aromatic rings. The van der Waals surface area contributed by atoms with E-state index in [-0.39, 0.29) is 6.04 Å². The highest BCUT2D eigenvalue weighted by atomic mass is 35.5. The first-order chi connectivity index (χ1) is 11.6. The zero-order valence-electron chi connectivity index (χ0n) is 12.9. The van der Waals surface area contributed by atoms with Crippen LogP contribution in [0.4, 0.5) is 5.95 Å². The van der Waals surface area contributed by atoms with Crippen molar-refractivity contribution in [1.29, 1.82) is 0 Å². The third-order valence-electron chi connectivity index (χ3n) is 3.37. The Bertz CT molecular complexity index is 819. The van der Waals surface area contributed by atoms with Gasteiger partial charge in [-0.2, -0.15) is 0 Å². The van der Waals surface area contributed by atoms with Gasteiger partial charge in [0.05, 0.1) is 16.6 Å². The van der Waals surface area contributed by atoms with Crippen molar-refractivity contribution < 1.29 is 0 Å². The molecule has 0 saturated heterocycles. The topological polar surface area (TPSA) is 49.8 Å². The van der Waals surface area contributed by atoms with Crippen LogP contribution in [-0.2, 0) is 0 Å². The Morgan fingerprint density at radius 3 is 2.71 bits per heavy atom. The number of hydrogen-bond donors (Lipinski definition) is 2. The molecule has 0 aliphatic heterocycles. The summed E-state index contributed by atoms with van der Waals surface area (Å²) in [6, 6.07) is 13.6. The number of anilines is 1. The molecule has 0 spiro atoms. The fraction of sp³-hybridized carbons (Fsp3) is 0.118. The Morgan fingerprint density at radius 2 is 2.00 bits per heavy atom. The lowest BCUT2D eigenvalue weighted by Crippen LogP contribution is -2.31. The monoisotopic (exact) mass is 374 g/mol. The lowest BCUT2D eigenvalue weighted by atomic mass is 10.1. The number of rotatable bonds is 4. The summed E-state index contributed by atoms with van der Waals surface area (Å²) in [5.41, 5.74) is 1.97. The fourth-order valence-electron chi connectivity index (χ4n) is 2.15. The molecule has 24 heavy (non-hydrogen) atoms. The van der Waals surface area contributed by atoms with Gasteiger partial charge in [0, 0.05) is 11.2 Å². The van der Waals surface area contributed by atoms with Gasteiger partial charge < -0.3 is 10.6 Å². The van der Waals surface area contributed by atoms with E-state index in [2.05, 4.69) is 20.6 Å². The van der Waals surface area contributed by atoms with E-state index in [1.165, 1.54) is 0 Å². The first kappa shape index (κ1) is 16.8. The maximum atomic E-state index is 5.91. The smallest absolute Gasteiger partial charge is 0.229 e. The molecule has 7 heteroatoms. The van der Waals surface area contributed by atoms with Crippen LogP contribution in [0, 0.1) is 0 Å². The van der Waals surface area contributed by atoms with Crippen LogP contribution in [0.25, 0.3) is 10.6 Å². The molecule has 4 nitrogen and oxygen atoms in total. The predicted octanol–water partition coefficient (Wildman–Crippen LogP) is 4.91. The summed E-state index contributed by atoms with van der Waals surface area (Å²) < 4.78 is 0. The lowest BCUT2D eigenvalue weighted by molar-refractivity contribution is 0.722. The molecule has 0 aliphatic carbocycles. The van der Waals surface area contributed by atoms with Crippen molar-refractivity contribution in [3.8, 4) is 10.6 Å². The number of aromatic nitrogens is 2. The molecule has 1 aromatic carbocycles. The van der Waals surface area contributed by atoms with E-state index in [0.29, 0.717) is 16.1 Å². The average Bonchev–Trinajstić information content (AvgIpc) is 3.10. The van der Waals surface area contributed by atoms with E-state index in [1.54, 1.807) is 17.5 Å². The zero-order chi connectivity index (χ0) is 16.9. The largest absolute Gasteiger partial charge is 0.356 e. The number of thiocarbonyl (C=S) groups is 1. The number of thiophene rings is 1. The Hall–Kier alpha value is -2.02. The van der Waals surface area contributed by atoms with Crippen molar-refractivity contribution in [1.82, 2.24) is 15.3 Å². The van der Waals surface area contributed by atoms with Crippen LogP contribution in [0.1, 0.15) is 18.5 Å². The van der Waals surface area contributed by atoms with Crippen LogP contribution >= 0.6 is 35.2 Å². The van der Waals surface area contributed by atoms with Crippen LogP contribution < -0.4 is 10.6 Å². The molecule has 0 bridgehead atoms.